The number of aliphatic hydroxyl groups excluding tert-OH is 1. The van der Waals surface area contributed by atoms with E-state index in [9.17, 15) is 5.11 Å². The molecule has 0 spiro atoms. The number of aromatic nitrogens is 4. The number of nitrogens with zero attached hydrogens (tertiary/aromatic N) is 5. The smallest absolute Gasteiger partial charge is 0.137 e. The lowest BCUT2D eigenvalue weighted by molar-refractivity contribution is 0.0486. The molecule has 3 heterocycles. The first-order valence-corrected chi connectivity index (χ1v) is 8.44. The molecule has 1 N–H and O–H groups in total. The molecule has 126 valence electrons. The second-order valence-electron chi connectivity index (χ2n) is 6.84. The van der Waals surface area contributed by atoms with Gasteiger partial charge in [-0.15, -0.1) is 0 Å². The van der Waals surface area contributed by atoms with Gasteiger partial charge in [0.15, 0.2) is 0 Å². The van der Waals surface area contributed by atoms with Gasteiger partial charge in [0, 0.05) is 38.2 Å². The second kappa shape index (κ2) is 6.84. The van der Waals surface area contributed by atoms with E-state index in [1.807, 2.05) is 30.3 Å². The number of piperidine rings is 1. The molecular formula is C17H27N5O. The average molecular weight is 317 g/mol. The van der Waals surface area contributed by atoms with Crippen LogP contribution in [-0.2, 0) is 13.6 Å². The van der Waals surface area contributed by atoms with Crippen molar-refractivity contribution in [3.05, 3.63) is 36.4 Å². The molecule has 1 saturated heterocycles. The van der Waals surface area contributed by atoms with Gasteiger partial charge in [0.25, 0.3) is 0 Å². The van der Waals surface area contributed by atoms with Crippen LogP contribution in [0.4, 0.5) is 0 Å². The zero-order valence-electron chi connectivity index (χ0n) is 14.3. The van der Waals surface area contributed by atoms with Crippen LogP contribution in [0.1, 0.15) is 50.4 Å². The third-order valence-electron chi connectivity index (χ3n) is 4.89. The zero-order chi connectivity index (χ0) is 16.4. The predicted molar refractivity (Wildman–Crippen MR) is 88.8 cm³/mol. The van der Waals surface area contributed by atoms with Crippen molar-refractivity contribution in [2.75, 3.05) is 13.1 Å². The van der Waals surface area contributed by atoms with Gasteiger partial charge in [0.1, 0.15) is 11.9 Å². The Hall–Kier alpha value is -1.66. The highest BCUT2D eigenvalue weighted by molar-refractivity contribution is 5.01. The normalized spacial score (nSPS) is 18.7. The lowest BCUT2D eigenvalue weighted by atomic mass is 9.90. The van der Waals surface area contributed by atoms with Crippen LogP contribution in [0.5, 0.6) is 0 Å². The van der Waals surface area contributed by atoms with E-state index >= 15 is 0 Å². The van der Waals surface area contributed by atoms with Crippen molar-refractivity contribution >= 4 is 0 Å². The Morgan fingerprint density at radius 3 is 2.65 bits per heavy atom. The molecule has 2 aromatic rings. The summed E-state index contributed by atoms with van der Waals surface area (Å²) < 4.78 is 4.15. The van der Waals surface area contributed by atoms with Crippen LogP contribution in [-0.4, -0.2) is 42.2 Å². The standard InChI is InChI=1S/C17H27N5O/c1-13(2)22-12-18-10-15(22)11-21-7-4-14(5-8-21)16(23)17-19-6-9-20(17)3/h6,9-10,12-14,16,23H,4-5,7-8,11H2,1-3H3/t16-/m1/s1. The van der Waals surface area contributed by atoms with Crippen molar-refractivity contribution in [2.45, 2.75) is 45.4 Å². The van der Waals surface area contributed by atoms with E-state index in [0.717, 1.165) is 38.3 Å². The van der Waals surface area contributed by atoms with Gasteiger partial charge in [-0.05, 0) is 45.7 Å². The number of hydrogen-bond acceptors (Lipinski definition) is 4. The van der Waals surface area contributed by atoms with Crippen LogP contribution in [0.25, 0.3) is 0 Å². The van der Waals surface area contributed by atoms with Gasteiger partial charge in [-0.1, -0.05) is 0 Å². The van der Waals surface area contributed by atoms with E-state index in [1.165, 1.54) is 5.69 Å². The molecular weight excluding hydrogens is 290 g/mol. The fourth-order valence-electron chi connectivity index (χ4n) is 3.45. The molecule has 3 rings (SSSR count). The van der Waals surface area contributed by atoms with Gasteiger partial charge < -0.3 is 14.2 Å². The van der Waals surface area contributed by atoms with Gasteiger partial charge in [-0.3, -0.25) is 4.90 Å². The molecule has 0 bridgehead atoms. The fourth-order valence-corrected chi connectivity index (χ4v) is 3.45. The third-order valence-corrected chi connectivity index (χ3v) is 4.89. The van der Waals surface area contributed by atoms with Crippen LogP contribution in [0.3, 0.4) is 0 Å². The molecule has 2 aromatic heterocycles. The molecule has 23 heavy (non-hydrogen) atoms. The van der Waals surface area contributed by atoms with Crippen molar-refractivity contribution in [1.29, 1.82) is 0 Å². The molecule has 0 saturated carbocycles. The Morgan fingerprint density at radius 2 is 2.04 bits per heavy atom. The molecule has 1 aliphatic rings. The van der Waals surface area contributed by atoms with Crippen LogP contribution < -0.4 is 0 Å². The summed E-state index contributed by atoms with van der Waals surface area (Å²) in [7, 11) is 1.94. The lowest BCUT2D eigenvalue weighted by Gasteiger charge is -2.34. The first-order valence-electron chi connectivity index (χ1n) is 8.44. The number of likely N-dealkylation sites (tertiary alicyclic amines) is 1. The lowest BCUT2D eigenvalue weighted by Crippen LogP contribution is -2.36. The Balaban J connectivity index is 1.56. The number of aliphatic hydroxyl groups is 1. The van der Waals surface area contributed by atoms with E-state index in [-0.39, 0.29) is 0 Å². The highest BCUT2D eigenvalue weighted by Crippen LogP contribution is 2.30. The average Bonchev–Trinajstić information content (AvgIpc) is 3.16. The van der Waals surface area contributed by atoms with E-state index in [4.69, 9.17) is 0 Å². The molecule has 1 aliphatic heterocycles. The van der Waals surface area contributed by atoms with E-state index < -0.39 is 6.10 Å². The Kier molecular flexibility index (Phi) is 4.82. The number of aryl methyl sites for hydroxylation is 1. The van der Waals surface area contributed by atoms with E-state index in [2.05, 4.69) is 33.3 Å². The maximum atomic E-state index is 10.6. The minimum absolute atomic E-state index is 0.294. The fraction of sp³-hybridized carbons (Fsp3) is 0.647. The summed E-state index contributed by atoms with van der Waals surface area (Å²) in [6.45, 7) is 7.31. The maximum absolute atomic E-state index is 10.6. The molecule has 6 nitrogen and oxygen atoms in total. The van der Waals surface area contributed by atoms with Crippen LogP contribution >= 0.6 is 0 Å². The molecule has 1 fully saturated rings. The van der Waals surface area contributed by atoms with Crippen LogP contribution in [0.15, 0.2) is 24.9 Å². The first kappa shape index (κ1) is 16.2. The summed E-state index contributed by atoms with van der Waals surface area (Å²) in [5.74, 6) is 1.07. The largest absolute Gasteiger partial charge is 0.385 e. The predicted octanol–water partition coefficient (Wildman–Crippen LogP) is 2.14. The number of rotatable bonds is 5. The topological polar surface area (TPSA) is 59.1 Å². The zero-order valence-corrected chi connectivity index (χ0v) is 14.3. The molecule has 0 radical (unpaired) electrons. The van der Waals surface area contributed by atoms with Crippen molar-refractivity contribution in [2.24, 2.45) is 13.0 Å². The Bertz CT molecular complexity index is 624. The summed E-state index contributed by atoms with van der Waals surface area (Å²) >= 11 is 0. The van der Waals surface area contributed by atoms with Crippen LogP contribution in [0, 0.1) is 5.92 Å². The van der Waals surface area contributed by atoms with E-state index in [0.29, 0.717) is 12.0 Å². The Morgan fingerprint density at radius 1 is 1.30 bits per heavy atom. The van der Waals surface area contributed by atoms with Crippen LogP contribution in [0.2, 0.25) is 0 Å². The molecule has 1 atom stereocenters. The summed E-state index contributed by atoms with van der Waals surface area (Å²) in [5, 5.41) is 10.6. The highest BCUT2D eigenvalue weighted by Gasteiger charge is 2.28. The molecule has 0 aromatic carbocycles. The van der Waals surface area contributed by atoms with Crippen molar-refractivity contribution < 1.29 is 5.11 Å². The van der Waals surface area contributed by atoms with Gasteiger partial charge in [0.2, 0.25) is 0 Å². The summed E-state index contributed by atoms with van der Waals surface area (Å²) in [5.41, 5.74) is 1.27. The van der Waals surface area contributed by atoms with Gasteiger partial charge in [-0.25, -0.2) is 9.97 Å². The van der Waals surface area contributed by atoms with Gasteiger partial charge in [0.05, 0.1) is 12.0 Å². The number of hydrogen-bond donors (Lipinski definition) is 1. The first-order chi connectivity index (χ1) is 11.1. The highest BCUT2D eigenvalue weighted by atomic mass is 16.3. The monoisotopic (exact) mass is 317 g/mol. The van der Waals surface area contributed by atoms with Crippen molar-refractivity contribution in [3.8, 4) is 0 Å². The summed E-state index contributed by atoms with van der Waals surface area (Å²) in [6.07, 6.45) is 9.07. The second-order valence-corrected chi connectivity index (χ2v) is 6.84. The molecule has 0 amide bonds. The summed E-state index contributed by atoms with van der Waals surface area (Å²) in [4.78, 5) is 11.0. The molecule has 6 heteroatoms. The third kappa shape index (κ3) is 3.48. The number of imidazole rings is 2. The molecule has 0 unspecified atom stereocenters. The van der Waals surface area contributed by atoms with Crippen molar-refractivity contribution in [3.63, 3.8) is 0 Å². The maximum Gasteiger partial charge on any atom is 0.137 e. The molecule has 0 aliphatic carbocycles. The van der Waals surface area contributed by atoms with E-state index in [1.54, 1.807) is 6.20 Å². The van der Waals surface area contributed by atoms with Gasteiger partial charge in [-0.2, -0.15) is 0 Å². The minimum Gasteiger partial charge on any atom is -0.385 e. The van der Waals surface area contributed by atoms with Crippen molar-refractivity contribution in [1.82, 2.24) is 24.0 Å². The quantitative estimate of drug-likeness (QED) is 0.918. The SMILES string of the molecule is CC(C)n1cncc1CN1CCC([C@@H](O)c2nccn2C)CC1. The van der Waals surface area contributed by atoms with Gasteiger partial charge >= 0.3 is 0 Å². The Labute approximate surface area is 137 Å². The summed E-state index contributed by atoms with van der Waals surface area (Å²) in [6, 6.07) is 0.440. The minimum atomic E-state index is -0.460.